The van der Waals surface area contributed by atoms with Gasteiger partial charge in [-0.25, -0.2) is 4.79 Å². The van der Waals surface area contributed by atoms with Crippen LogP contribution in [0.2, 0.25) is 0 Å². The van der Waals surface area contributed by atoms with Crippen molar-refractivity contribution < 1.29 is 21.9 Å². The standard InChI is InChI=1S/C12H9NO5S/c14-12(18-19(15,16)17)6-5-9-7-10-3-1-2-4-11(10)13-8-9/h1-8H,(H,15,16,17)/b6-5+. The van der Waals surface area contributed by atoms with E-state index in [-0.39, 0.29) is 0 Å². The largest absolute Gasteiger partial charge is 0.449 e. The Hall–Kier alpha value is -2.25. The van der Waals surface area contributed by atoms with Gasteiger partial charge in [0.25, 0.3) is 0 Å². The molecular formula is C12H9NO5S. The zero-order valence-electron chi connectivity index (χ0n) is 9.55. The molecular weight excluding hydrogens is 270 g/mol. The van der Waals surface area contributed by atoms with Crippen molar-refractivity contribution in [1.82, 2.24) is 4.98 Å². The van der Waals surface area contributed by atoms with Gasteiger partial charge in [-0.15, -0.1) is 0 Å². The molecule has 0 spiro atoms. The number of hydrogen-bond donors (Lipinski definition) is 1. The van der Waals surface area contributed by atoms with Gasteiger partial charge < -0.3 is 4.18 Å². The Labute approximate surface area is 109 Å². The van der Waals surface area contributed by atoms with E-state index in [4.69, 9.17) is 4.55 Å². The summed E-state index contributed by atoms with van der Waals surface area (Å²) in [6.07, 6.45) is 3.76. The molecule has 0 radical (unpaired) electrons. The monoisotopic (exact) mass is 279 g/mol. The third-order valence-corrected chi connectivity index (χ3v) is 2.59. The van der Waals surface area contributed by atoms with Crippen LogP contribution in [0.3, 0.4) is 0 Å². The lowest BCUT2D eigenvalue weighted by atomic mass is 10.1. The summed E-state index contributed by atoms with van der Waals surface area (Å²) >= 11 is 0. The van der Waals surface area contributed by atoms with Crippen LogP contribution < -0.4 is 0 Å². The fourth-order valence-electron chi connectivity index (χ4n) is 1.48. The minimum atomic E-state index is -4.78. The number of pyridine rings is 1. The van der Waals surface area contributed by atoms with Gasteiger partial charge in [0.2, 0.25) is 0 Å². The molecule has 0 saturated heterocycles. The SMILES string of the molecule is O=C(/C=C/c1cnc2ccccc2c1)OS(=O)(=O)O. The van der Waals surface area contributed by atoms with Gasteiger partial charge in [-0.1, -0.05) is 18.2 Å². The molecule has 0 fully saturated rings. The summed E-state index contributed by atoms with van der Waals surface area (Å²) in [5, 5.41) is 0.882. The summed E-state index contributed by atoms with van der Waals surface area (Å²) in [7, 11) is -4.78. The Balaban J connectivity index is 2.19. The van der Waals surface area contributed by atoms with Gasteiger partial charge >= 0.3 is 16.4 Å². The molecule has 0 bridgehead atoms. The Morgan fingerprint density at radius 3 is 2.79 bits per heavy atom. The average Bonchev–Trinajstić information content (AvgIpc) is 2.34. The molecule has 98 valence electrons. The first kappa shape index (κ1) is 13.2. The van der Waals surface area contributed by atoms with Crippen LogP contribution in [0.15, 0.2) is 42.6 Å². The van der Waals surface area contributed by atoms with Gasteiger partial charge in [-0.2, -0.15) is 8.42 Å². The number of fused-ring (bicyclic) bond motifs is 1. The van der Waals surface area contributed by atoms with Crippen molar-refractivity contribution in [3.63, 3.8) is 0 Å². The van der Waals surface area contributed by atoms with Crippen molar-refractivity contribution in [2.45, 2.75) is 0 Å². The molecule has 0 amide bonds. The molecule has 0 saturated carbocycles. The second-order valence-electron chi connectivity index (χ2n) is 3.62. The predicted octanol–water partition coefficient (Wildman–Crippen LogP) is 1.59. The van der Waals surface area contributed by atoms with E-state index in [1.54, 1.807) is 6.07 Å². The first-order valence-corrected chi connectivity index (χ1v) is 6.54. The molecule has 0 aliphatic heterocycles. The Bertz CT molecular complexity index is 752. The van der Waals surface area contributed by atoms with Gasteiger partial charge in [-0.3, -0.25) is 9.54 Å². The Morgan fingerprint density at radius 1 is 1.32 bits per heavy atom. The van der Waals surface area contributed by atoms with Crippen LogP contribution in [0.25, 0.3) is 17.0 Å². The van der Waals surface area contributed by atoms with Crippen LogP contribution in [0, 0.1) is 0 Å². The highest BCUT2D eigenvalue weighted by atomic mass is 32.3. The topological polar surface area (TPSA) is 93.6 Å². The quantitative estimate of drug-likeness (QED) is 0.677. The molecule has 1 aromatic carbocycles. The predicted molar refractivity (Wildman–Crippen MR) is 68.4 cm³/mol. The van der Waals surface area contributed by atoms with E-state index in [2.05, 4.69) is 9.17 Å². The van der Waals surface area contributed by atoms with Crippen LogP contribution in [-0.4, -0.2) is 23.9 Å². The van der Waals surface area contributed by atoms with Crippen LogP contribution in [0.4, 0.5) is 0 Å². The number of carbonyl (C=O) groups is 1. The Morgan fingerprint density at radius 2 is 2.05 bits per heavy atom. The van der Waals surface area contributed by atoms with Crippen LogP contribution in [0.5, 0.6) is 0 Å². The maximum atomic E-state index is 11.0. The summed E-state index contributed by atoms with van der Waals surface area (Å²) in [6.45, 7) is 0. The minimum Gasteiger partial charge on any atom is -0.321 e. The molecule has 7 heteroatoms. The molecule has 2 aromatic rings. The first-order valence-electron chi connectivity index (χ1n) is 5.18. The zero-order valence-corrected chi connectivity index (χ0v) is 10.4. The van der Waals surface area contributed by atoms with Gasteiger partial charge in [0.05, 0.1) is 5.52 Å². The van der Waals surface area contributed by atoms with E-state index in [1.807, 2.05) is 24.3 Å². The average molecular weight is 279 g/mol. The number of carbonyl (C=O) groups excluding carboxylic acids is 1. The van der Waals surface area contributed by atoms with Crippen molar-refractivity contribution in [3.05, 3.63) is 48.2 Å². The zero-order chi connectivity index (χ0) is 13.9. The van der Waals surface area contributed by atoms with E-state index >= 15 is 0 Å². The van der Waals surface area contributed by atoms with Crippen LogP contribution in [0.1, 0.15) is 5.56 Å². The lowest BCUT2D eigenvalue weighted by Gasteiger charge is -1.98. The van der Waals surface area contributed by atoms with Crippen molar-refractivity contribution >= 4 is 33.3 Å². The highest BCUT2D eigenvalue weighted by Crippen LogP contribution is 2.13. The van der Waals surface area contributed by atoms with Crippen LogP contribution >= 0.6 is 0 Å². The first-order chi connectivity index (χ1) is 8.94. The number of aromatic nitrogens is 1. The lowest BCUT2D eigenvalue weighted by Crippen LogP contribution is -2.08. The van der Waals surface area contributed by atoms with Crippen molar-refractivity contribution in [2.24, 2.45) is 0 Å². The molecule has 0 aliphatic carbocycles. The third-order valence-electron chi connectivity index (χ3n) is 2.21. The van der Waals surface area contributed by atoms with Gasteiger partial charge in [0, 0.05) is 17.7 Å². The molecule has 1 N–H and O–H groups in total. The number of rotatable bonds is 3. The highest BCUT2D eigenvalue weighted by Gasteiger charge is 2.09. The maximum absolute atomic E-state index is 11.0. The molecule has 0 unspecified atom stereocenters. The molecule has 0 atom stereocenters. The van der Waals surface area contributed by atoms with E-state index < -0.39 is 16.4 Å². The fraction of sp³-hybridized carbons (Fsp3) is 0. The molecule has 1 aromatic heterocycles. The summed E-state index contributed by atoms with van der Waals surface area (Å²) < 4.78 is 32.6. The lowest BCUT2D eigenvalue weighted by molar-refractivity contribution is -0.128. The van der Waals surface area contributed by atoms with Crippen molar-refractivity contribution in [1.29, 1.82) is 0 Å². The normalized spacial score (nSPS) is 11.8. The number of para-hydroxylation sites is 1. The molecule has 19 heavy (non-hydrogen) atoms. The highest BCUT2D eigenvalue weighted by molar-refractivity contribution is 7.81. The fourth-order valence-corrected chi connectivity index (χ4v) is 1.74. The molecule has 6 nitrogen and oxygen atoms in total. The van der Waals surface area contributed by atoms with Crippen LogP contribution in [-0.2, 0) is 19.4 Å². The molecule has 1 heterocycles. The summed E-state index contributed by atoms with van der Waals surface area (Å²) in [5.74, 6) is -1.18. The minimum absolute atomic E-state index is 0.603. The van der Waals surface area contributed by atoms with Gasteiger partial charge in [-0.05, 0) is 23.8 Å². The van der Waals surface area contributed by atoms with E-state index in [0.717, 1.165) is 17.0 Å². The van der Waals surface area contributed by atoms with E-state index in [9.17, 15) is 13.2 Å². The second kappa shape index (κ2) is 5.17. The third kappa shape index (κ3) is 3.87. The van der Waals surface area contributed by atoms with E-state index in [0.29, 0.717) is 5.56 Å². The molecule has 0 aliphatic rings. The number of nitrogens with zero attached hydrogens (tertiary/aromatic N) is 1. The van der Waals surface area contributed by atoms with Gasteiger partial charge in [0.15, 0.2) is 0 Å². The molecule has 2 rings (SSSR count). The van der Waals surface area contributed by atoms with Crippen molar-refractivity contribution in [2.75, 3.05) is 0 Å². The van der Waals surface area contributed by atoms with Crippen molar-refractivity contribution in [3.8, 4) is 0 Å². The van der Waals surface area contributed by atoms with Gasteiger partial charge in [0.1, 0.15) is 0 Å². The number of hydrogen-bond acceptors (Lipinski definition) is 5. The maximum Gasteiger partial charge on any atom is 0.449 e. The smallest absolute Gasteiger partial charge is 0.321 e. The summed E-state index contributed by atoms with van der Waals surface area (Å²) in [5.41, 5.74) is 1.41. The summed E-state index contributed by atoms with van der Waals surface area (Å²) in [6, 6.07) is 9.18. The Kier molecular flexibility index (Phi) is 3.59. The second-order valence-corrected chi connectivity index (χ2v) is 4.65. The summed E-state index contributed by atoms with van der Waals surface area (Å²) in [4.78, 5) is 15.2. The number of benzene rings is 1. The van der Waals surface area contributed by atoms with E-state index in [1.165, 1.54) is 12.3 Å².